The summed E-state index contributed by atoms with van der Waals surface area (Å²) in [6, 6.07) is 15.1. The topological polar surface area (TPSA) is 62.3 Å². The molecule has 0 bridgehead atoms. The summed E-state index contributed by atoms with van der Waals surface area (Å²) >= 11 is 0. The van der Waals surface area contributed by atoms with Crippen LogP contribution in [0.5, 0.6) is 0 Å². The van der Waals surface area contributed by atoms with Gasteiger partial charge < -0.3 is 5.32 Å². The Labute approximate surface area is 189 Å². The Balaban J connectivity index is 1.54. The highest BCUT2D eigenvalue weighted by atomic mass is 32.2. The van der Waals surface area contributed by atoms with E-state index >= 15 is 0 Å². The molecular formula is C25H28FN3O2S. The van der Waals surface area contributed by atoms with Crippen LogP contribution in [0, 0.1) is 12.7 Å². The summed E-state index contributed by atoms with van der Waals surface area (Å²) < 4.78 is 38.0. The first-order valence-electron chi connectivity index (χ1n) is 10.9. The predicted molar refractivity (Wildman–Crippen MR) is 127 cm³/mol. The molecule has 7 heteroatoms. The maximum absolute atomic E-state index is 14.3. The molecule has 0 atom stereocenters. The number of hydrogen-bond donors (Lipinski definition) is 1. The van der Waals surface area contributed by atoms with E-state index in [0.717, 1.165) is 42.0 Å². The van der Waals surface area contributed by atoms with E-state index in [1.54, 1.807) is 19.2 Å². The summed E-state index contributed by atoms with van der Waals surface area (Å²) in [5, 5.41) is 3.50. The summed E-state index contributed by atoms with van der Waals surface area (Å²) in [5.74, 6) is 0.0504. The fourth-order valence-electron chi connectivity index (χ4n) is 4.08. The van der Waals surface area contributed by atoms with Gasteiger partial charge in [-0.25, -0.2) is 12.8 Å². The molecule has 0 fully saturated rings. The second-order valence-electron chi connectivity index (χ2n) is 8.19. The number of aromatic nitrogens is 1. The lowest BCUT2D eigenvalue weighted by molar-refractivity contribution is 0.269. The van der Waals surface area contributed by atoms with E-state index in [4.69, 9.17) is 0 Å². The molecule has 168 valence electrons. The Morgan fingerprint density at radius 2 is 2.00 bits per heavy atom. The molecule has 0 amide bonds. The minimum Gasteiger partial charge on any atom is -0.355 e. The van der Waals surface area contributed by atoms with Gasteiger partial charge in [-0.15, -0.1) is 0 Å². The minimum atomic E-state index is -2.96. The number of anilines is 2. The number of pyridine rings is 1. The number of hydrogen-bond acceptors (Lipinski definition) is 5. The molecule has 0 spiro atoms. The molecule has 1 aromatic heterocycles. The number of rotatable bonds is 7. The summed E-state index contributed by atoms with van der Waals surface area (Å²) in [5.41, 5.74) is 6.43. The Kier molecular flexibility index (Phi) is 6.58. The van der Waals surface area contributed by atoms with Gasteiger partial charge in [0.15, 0.2) is 9.84 Å². The maximum Gasteiger partial charge on any atom is 0.151 e. The van der Waals surface area contributed by atoms with Crippen LogP contribution in [-0.2, 0) is 22.8 Å². The lowest BCUT2D eigenvalue weighted by Gasteiger charge is -2.30. The Morgan fingerprint density at radius 1 is 1.16 bits per heavy atom. The van der Waals surface area contributed by atoms with E-state index in [2.05, 4.69) is 27.3 Å². The molecule has 4 rings (SSSR count). The van der Waals surface area contributed by atoms with Gasteiger partial charge in [0.05, 0.1) is 5.75 Å². The van der Waals surface area contributed by atoms with Crippen LogP contribution in [0.25, 0.3) is 11.3 Å². The Bertz CT molecular complexity index is 1230. The zero-order chi connectivity index (χ0) is 22.7. The minimum absolute atomic E-state index is 0.187. The fourth-order valence-corrected chi connectivity index (χ4v) is 4.91. The van der Waals surface area contributed by atoms with Crippen LogP contribution in [-0.4, -0.2) is 42.9 Å². The number of benzene rings is 2. The van der Waals surface area contributed by atoms with Crippen LogP contribution in [0.15, 0.2) is 54.7 Å². The standard InChI is InChI=1S/C25H28FN3O2S/c1-3-32(30,31)15-14-29-13-11-21-19(17-29)6-4-8-24(21)28-20-10-9-18(2)22(16-20)25-23(26)7-5-12-27-25/h4-10,12,16,28H,3,11,13-15,17H2,1-2H3. The summed E-state index contributed by atoms with van der Waals surface area (Å²) in [7, 11) is -2.96. The first-order chi connectivity index (χ1) is 15.4. The largest absolute Gasteiger partial charge is 0.355 e. The van der Waals surface area contributed by atoms with Crippen molar-refractivity contribution in [2.24, 2.45) is 0 Å². The third-order valence-electron chi connectivity index (χ3n) is 6.03. The molecule has 0 saturated carbocycles. The van der Waals surface area contributed by atoms with Gasteiger partial charge in [-0.3, -0.25) is 9.88 Å². The van der Waals surface area contributed by atoms with Crippen LogP contribution in [0.2, 0.25) is 0 Å². The Morgan fingerprint density at radius 3 is 2.78 bits per heavy atom. The number of sulfone groups is 1. The molecule has 2 aromatic carbocycles. The molecule has 0 aliphatic carbocycles. The van der Waals surface area contributed by atoms with Crippen LogP contribution in [0.4, 0.5) is 15.8 Å². The molecule has 1 N–H and O–H groups in total. The van der Waals surface area contributed by atoms with E-state index in [1.807, 2.05) is 31.2 Å². The van der Waals surface area contributed by atoms with Crippen molar-refractivity contribution in [1.82, 2.24) is 9.88 Å². The van der Waals surface area contributed by atoms with Crippen LogP contribution >= 0.6 is 0 Å². The highest BCUT2D eigenvalue weighted by Gasteiger charge is 2.20. The van der Waals surface area contributed by atoms with Crippen molar-refractivity contribution in [3.05, 3.63) is 77.2 Å². The van der Waals surface area contributed by atoms with E-state index in [0.29, 0.717) is 12.2 Å². The predicted octanol–water partition coefficient (Wildman–Crippen LogP) is 4.73. The SMILES string of the molecule is CCS(=O)(=O)CCN1CCc2c(cccc2Nc2ccc(C)c(-c3ncccc3F)c2)C1. The zero-order valence-electron chi connectivity index (χ0n) is 18.4. The number of nitrogens with one attached hydrogen (secondary N) is 1. The van der Waals surface area contributed by atoms with Crippen molar-refractivity contribution >= 4 is 21.2 Å². The first kappa shape index (κ1) is 22.4. The third kappa shape index (κ3) is 5.00. The second-order valence-corrected chi connectivity index (χ2v) is 10.7. The zero-order valence-corrected chi connectivity index (χ0v) is 19.3. The van der Waals surface area contributed by atoms with Gasteiger partial charge in [-0.2, -0.15) is 0 Å². The van der Waals surface area contributed by atoms with Gasteiger partial charge in [0.1, 0.15) is 11.5 Å². The van der Waals surface area contributed by atoms with Crippen LogP contribution < -0.4 is 5.32 Å². The van der Waals surface area contributed by atoms with Crippen molar-refractivity contribution in [3.8, 4) is 11.3 Å². The van der Waals surface area contributed by atoms with E-state index < -0.39 is 9.84 Å². The maximum atomic E-state index is 14.3. The van der Waals surface area contributed by atoms with Crippen molar-refractivity contribution in [1.29, 1.82) is 0 Å². The summed E-state index contributed by atoms with van der Waals surface area (Å²) in [6.07, 6.45) is 2.45. The summed E-state index contributed by atoms with van der Waals surface area (Å²) in [4.78, 5) is 6.43. The van der Waals surface area contributed by atoms with Crippen molar-refractivity contribution in [2.75, 3.05) is 29.9 Å². The molecule has 1 aliphatic rings. The number of fused-ring (bicyclic) bond motifs is 1. The average molecular weight is 454 g/mol. The van der Waals surface area contributed by atoms with Gasteiger partial charge in [0.2, 0.25) is 0 Å². The highest BCUT2D eigenvalue weighted by molar-refractivity contribution is 7.91. The molecule has 0 radical (unpaired) electrons. The van der Waals surface area contributed by atoms with Gasteiger partial charge in [-0.05, 0) is 60.4 Å². The molecule has 0 saturated heterocycles. The molecular weight excluding hydrogens is 425 g/mol. The van der Waals surface area contributed by atoms with Crippen molar-refractivity contribution in [3.63, 3.8) is 0 Å². The van der Waals surface area contributed by atoms with Crippen LogP contribution in [0.3, 0.4) is 0 Å². The lowest BCUT2D eigenvalue weighted by atomic mass is 9.97. The molecule has 5 nitrogen and oxygen atoms in total. The first-order valence-corrected chi connectivity index (χ1v) is 12.7. The van der Waals surface area contributed by atoms with Crippen LogP contribution in [0.1, 0.15) is 23.6 Å². The van der Waals surface area contributed by atoms with Gasteiger partial charge >= 0.3 is 0 Å². The third-order valence-corrected chi connectivity index (χ3v) is 7.72. The smallest absolute Gasteiger partial charge is 0.151 e. The normalized spacial score (nSPS) is 14.2. The average Bonchev–Trinajstić information content (AvgIpc) is 2.79. The number of nitrogens with zero attached hydrogens (tertiary/aromatic N) is 2. The quantitative estimate of drug-likeness (QED) is 0.560. The van der Waals surface area contributed by atoms with E-state index in [1.165, 1.54) is 17.2 Å². The van der Waals surface area contributed by atoms with E-state index in [9.17, 15) is 12.8 Å². The summed E-state index contributed by atoms with van der Waals surface area (Å²) in [6.45, 7) is 5.76. The molecule has 3 aromatic rings. The molecule has 32 heavy (non-hydrogen) atoms. The number of aryl methyl sites for hydroxylation is 1. The molecule has 2 heterocycles. The number of halogens is 1. The fraction of sp³-hybridized carbons (Fsp3) is 0.320. The van der Waals surface area contributed by atoms with Gasteiger partial charge in [-0.1, -0.05) is 25.1 Å². The Hall–Kier alpha value is -2.77. The van der Waals surface area contributed by atoms with Gasteiger partial charge in [0, 0.05) is 48.5 Å². The molecule has 1 aliphatic heterocycles. The van der Waals surface area contributed by atoms with Gasteiger partial charge in [0.25, 0.3) is 0 Å². The lowest BCUT2D eigenvalue weighted by Crippen LogP contribution is -2.34. The monoisotopic (exact) mass is 453 g/mol. The van der Waals surface area contributed by atoms with Crippen molar-refractivity contribution in [2.45, 2.75) is 26.8 Å². The molecule has 0 unspecified atom stereocenters. The van der Waals surface area contributed by atoms with E-state index in [-0.39, 0.29) is 17.3 Å². The second kappa shape index (κ2) is 9.38. The van der Waals surface area contributed by atoms with Crippen molar-refractivity contribution < 1.29 is 12.8 Å². The highest BCUT2D eigenvalue weighted by Crippen LogP contribution is 2.32.